The number of rotatable bonds is 6. The molecule has 1 amide bonds. The normalized spacial score (nSPS) is 11.1. The first kappa shape index (κ1) is 20.4. The summed E-state index contributed by atoms with van der Waals surface area (Å²) in [6.07, 6.45) is 0. The topological polar surface area (TPSA) is 72.5 Å². The molecule has 0 fully saturated rings. The minimum atomic E-state index is -4.87. The van der Waals surface area contributed by atoms with Gasteiger partial charge in [0.15, 0.2) is 23.2 Å². The number of hydrogen-bond acceptors (Lipinski definition) is 4. The van der Waals surface area contributed by atoms with E-state index < -0.39 is 38.4 Å². The van der Waals surface area contributed by atoms with Crippen LogP contribution >= 0.6 is 0 Å². The van der Waals surface area contributed by atoms with Gasteiger partial charge in [-0.25, -0.2) is 13.2 Å². The van der Waals surface area contributed by atoms with Crippen LogP contribution in [0, 0.1) is 17.5 Å². The van der Waals surface area contributed by atoms with Crippen LogP contribution in [-0.2, 0) is 16.7 Å². The van der Waals surface area contributed by atoms with E-state index in [9.17, 15) is 26.4 Å². The third-order valence-electron chi connectivity index (χ3n) is 3.90. The third kappa shape index (κ3) is 4.57. The number of carbonyl (C=O) groups excluding carboxylic acids is 1. The third-order valence-corrected chi connectivity index (χ3v) is 5.15. The summed E-state index contributed by atoms with van der Waals surface area (Å²) in [6, 6.07) is 15.4. The summed E-state index contributed by atoms with van der Waals surface area (Å²) in [6.45, 7) is 0.179. The zero-order valence-corrected chi connectivity index (χ0v) is 15.5. The number of hydrogen-bond donors (Lipinski definition) is 1. The number of nitrogens with one attached hydrogen (secondary N) is 1. The number of benzene rings is 3. The first-order valence-corrected chi connectivity index (χ1v) is 9.69. The Bertz CT molecular complexity index is 1150. The van der Waals surface area contributed by atoms with Crippen molar-refractivity contribution >= 4 is 16.0 Å². The molecule has 9 heteroatoms. The van der Waals surface area contributed by atoms with E-state index >= 15 is 0 Å². The molecular formula is C20H14F3NO4S. The molecule has 0 spiro atoms. The van der Waals surface area contributed by atoms with Gasteiger partial charge in [-0.05, 0) is 29.8 Å². The fraction of sp³-hybridized carbons (Fsp3) is 0.0500. The molecule has 0 unspecified atom stereocenters. The minimum Gasteiger partial charge on any atom is -0.378 e. The molecule has 0 saturated heterocycles. The zero-order valence-electron chi connectivity index (χ0n) is 14.7. The van der Waals surface area contributed by atoms with E-state index in [2.05, 4.69) is 5.32 Å². The Morgan fingerprint density at radius 1 is 0.862 bits per heavy atom. The molecule has 0 aliphatic carbocycles. The van der Waals surface area contributed by atoms with Gasteiger partial charge >= 0.3 is 10.1 Å². The summed E-state index contributed by atoms with van der Waals surface area (Å²) in [5.41, 5.74) is 0.686. The molecule has 0 aliphatic heterocycles. The lowest BCUT2D eigenvalue weighted by Crippen LogP contribution is -2.24. The summed E-state index contributed by atoms with van der Waals surface area (Å²) in [5, 5.41) is 2.61. The van der Waals surface area contributed by atoms with E-state index in [0.29, 0.717) is 12.1 Å². The van der Waals surface area contributed by atoms with Gasteiger partial charge in [0.05, 0.1) is 5.56 Å². The molecule has 0 saturated carbocycles. The molecule has 0 aliphatic rings. The van der Waals surface area contributed by atoms with Gasteiger partial charge in [-0.15, -0.1) is 0 Å². The highest BCUT2D eigenvalue weighted by atomic mass is 32.2. The molecule has 0 aromatic heterocycles. The molecule has 0 radical (unpaired) electrons. The van der Waals surface area contributed by atoms with Crippen molar-refractivity contribution in [2.45, 2.75) is 11.4 Å². The van der Waals surface area contributed by atoms with Gasteiger partial charge in [0.2, 0.25) is 0 Å². The molecule has 0 atom stereocenters. The van der Waals surface area contributed by atoms with Crippen LogP contribution in [0.2, 0.25) is 0 Å². The first-order valence-electron chi connectivity index (χ1n) is 8.29. The smallest absolute Gasteiger partial charge is 0.342 e. The van der Waals surface area contributed by atoms with E-state index in [1.165, 1.54) is 24.3 Å². The van der Waals surface area contributed by atoms with E-state index in [1.807, 2.05) is 6.07 Å². The number of amides is 1. The molecule has 5 nitrogen and oxygen atoms in total. The van der Waals surface area contributed by atoms with Crippen LogP contribution in [0.25, 0.3) is 0 Å². The van der Waals surface area contributed by atoms with Crippen LogP contribution in [0.1, 0.15) is 15.9 Å². The monoisotopic (exact) mass is 421 g/mol. The van der Waals surface area contributed by atoms with E-state index in [0.717, 1.165) is 5.56 Å². The lowest BCUT2D eigenvalue weighted by Gasteiger charge is -2.12. The van der Waals surface area contributed by atoms with Crippen molar-refractivity contribution in [2.24, 2.45) is 0 Å². The summed E-state index contributed by atoms with van der Waals surface area (Å²) in [5.74, 6) is -6.41. The van der Waals surface area contributed by atoms with Crippen molar-refractivity contribution in [1.29, 1.82) is 0 Å². The standard InChI is InChI=1S/C20H14F3NO4S/c21-15-10-11-17(19(23)18(15)22)29(26,27)28-16-9-5-4-8-14(16)20(25)24-12-13-6-2-1-3-7-13/h1-11H,12H2,(H,24,25). The van der Waals surface area contributed by atoms with Gasteiger partial charge in [-0.1, -0.05) is 42.5 Å². The second-order valence-electron chi connectivity index (χ2n) is 5.88. The summed E-state index contributed by atoms with van der Waals surface area (Å²) < 4.78 is 69.9. The van der Waals surface area contributed by atoms with Gasteiger partial charge in [0, 0.05) is 6.54 Å². The molecule has 3 rings (SSSR count). The van der Waals surface area contributed by atoms with Crippen molar-refractivity contribution in [2.75, 3.05) is 0 Å². The molecule has 3 aromatic rings. The molecule has 3 aromatic carbocycles. The van der Waals surface area contributed by atoms with Crippen LogP contribution in [-0.4, -0.2) is 14.3 Å². The van der Waals surface area contributed by atoms with Gasteiger partial charge in [-0.2, -0.15) is 8.42 Å². The quantitative estimate of drug-likeness (QED) is 0.486. The van der Waals surface area contributed by atoms with Crippen molar-refractivity contribution in [1.82, 2.24) is 5.32 Å². The lowest BCUT2D eigenvalue weighted by molar-refractivity contribution is 0.0949. The second-order valence-corrected chi connectivity index (χ2v) is 7.39. The van der Waals surface area contributed by atoms with E-state index in [-0.39, 0.29) is 17.9 Å². The second kappa shape index (κ2) is 8.36. The van der Waals surface area contributed by atoms with Crippen molar-refractivity contribution in [3.05, 3.63) is 95.3 Å². The SMILES string of the molecule is O=C(NCc1ccccc1)c1ccccc1OS(=O)(=O)c1ccc(F)c(F)c1F. The van der Waals surface area contributed by atoms with Crippen molar-refractivity contribution in [3.8, 4) is 5.75 Å². The van der Waals surface area contributed by atoms with Gasteiger partial charge in [0.1, 0.15) is 4.90 Å². The lowest BCUT2D eigenvalue weighted by atomic mass is 10.1. The number of carbonyl (C=O) groups is 1. The summed E-state index contributed by atoms with van der Waals surface area (Å²) in [7, 11) is -4.87. The van der Waals surface area contributed by atoms with Gasteiger partial charge < -0.3 is 9.50 Å². The molecule has 0 bridgehead atoms. The van der Waals surface area contributed by atoms with Crippen LogP contribution in [0.5, 0.6) is 5.75 Å². The predicted molar refractivity (Wildman–Crippen MR) is 98.2 cm³/mol. The highest BCUT2D eigenvalue weighted by Crippen LogP contribution is 2.26. The summed E-state index contributed by atoms with van der Waals surface area (Å²) >= 11 is 0. The highest BCUT2D eigenvalue weighted by Gasteiger charge is 2.27. The molecule has 0 heterocycles. The van der Waals surface area contributed by atoms with Gasteiger partial charge in [0.25, 0.3) is 5.91 Å². The maximum atomic E-state index is 13.9. The van der Waals surface area contributed by atoms with Crippen LogP contribution in [0.4, 0.5) is 13.2 Å². The maximum Gasteiger partial charge on any atom is 0.342 e. The summed E-state index contributed by atoms with van der Waals surface area (Å²) in [4.78, 5) is 11.3. The average Bonchev–Trinajstić information content (AvgIpc) is 2.71. The van der Waals surface area contributed by atoms with Gasteiger partial charge in [-0.3, -0.25) is 4.79 Å². The Hall–Kier alpha value is -3.33. The fourth-order valence-electron chi connectivity index (χ4n) is 2.46. The highest BCUT2D eigenvalue weighted by molar-refractivity contribution is 7.87. The molecule has 150 valence electrons. The van der Waals surface area contributed by atoms with Crippen molar-refractivity contribution < 1.29 is 30.6 Å². The number of para-hydroxylation sites is 1. The average molecular weight is 421 g/mol. The Morgan fingerprint density at radius 2 is 1.52 bits per heavy atom. The van der Waals surface area contributed by atoms with Crippen LogP contribution in [0.15, 0.2) is 71.6 Å². The Kier molecular flexibility index (Phi) is 5.88. The predicted octanol–water partition coefficient (Wildman–Crippen LogP) is 3.80. The van der Waals surface area contributed by atoms with E-state index in [4.69, 9.17) is 4.18 Å². The Labute approximate surface area is 164 Å². The largest absolute Gasteiger partial charge is 0.378 e. The minimum absolute atomic E-state index is 0.130. The molecule has 29 heavy (non-hydrogen) atoms. The fourth-order valence-corrected chi connectivity index (χ4v) is 3.48. The number of halogens is 3. The van der Waals surface area contributed by atoms with Crippen LogP contribution < -0.4 is 9.50 Å². The molecular weight excluding hydrogens is 407 g/mol. The first-order chi connectivity index (χ1) is 13.8. The van der Waals surface area contributed by atoms with E-state index in [1.54, 1.807) is 24.3 Å². The Balaban J connectivity index is 1.85. The van der Waals surface area contributed by atoms with Crippen molar-refractivity contribution in [3.63, 3.8) is 0 Å². The maximum absolute atomic E-state index is 13.9. The molecule has 1 N–H and O–H groups in total. The zero-order chi connectivity index (χ0) is 21.0. The Morgan fingerprint density at radius 3 is 2.24 bits per heavy atom. The van der Waals surface area contributed by atoms with Crippen LogP contribution in [0.3, 0.4) is 0 Å².